The molecule has 0 radical (unpaired) electrons. The number of non-ortho nitro benzene ring substituents is 1. The molecular formula is C11H10ClNO6S. The Kier molecular flexibility index (Phi) is 3.96. The lowest BCUT2D eigenvalue weighted by atomic mass is 10.2. The Morgan fingerprint density at radius 3 is 2.55 bits per heavy atom. The molecule has 0 unspecified atom stereocenters. The lowest BCUT2D eigenvalue weighted by Crippen LogP contribution is -2.09. The summed E-state index contributed by atoms with van der Waals surface area (Å²) < 4.78 is 27.5. The average Bonchev–Trinajstić information content (AvgIpc) is 3.18. The summed E-state index contributed by atoms with van der Waals surface area (Å²) in [5.41, 5.74) is -0.746. The van der Waals surface area contributed by atoms with Crippen molar-refractivity contribution in [1.82, 2.24) is 0 Å². The molecule has 0 aliphatic heterocycles. The summed E-state index contributed by atoms with van der Waals surface area (Å²) in [6, 6.07) is 2.71. The van der Waals surface area contributed by atoms with E-state index in [1.165, 1.54) is 0 Å². The molecule has 1 aliphatic carbocycles. The molecule has 0 N–H and O–H groups in total. The Hall–Kier alpha value is -1.67. The molecule has 0 atom stereocenters. The number of hydrogen-bond acceptors (Lipinski definition) is 6. The van der Waals surface area contributed by atoms with E-state index in [0.717, 1.165) is 31.0 Å². The lowest BCUT2D eigenvalue weighted by Gasteiger charge is -2.05. The highest BCUT2D eigenvalue weighted by atomic mass is 35.7. The molecule has 0 bridgehead atoms. The van der Waals surface area contributed by atoms with Crippen LogP contribution in [0.2, 0.25) is 0 Å². The fourth-order valence-electron chi connectivity index (χ4n) is 1.51. The highest BCUT2D eigenvalue weighted by molar-refractivity contribution is 8.13. The summed E-state index contributed by atoms with van der Waals surface area (Å²) >= 11 is 0. The zero-order valence-corrected chi connectivity index (χ0v) is 11.7. The molecule has 108 valence electrons. The van der Waals surface area contributed by atoms with Crippen molar-refractivity contribution < 1.29 is 22.9 Å². The van der Waals surface area contributed by atoms with Gasteiger partial charge in [0.1, 0.15) is 0 Å². The van der Waals surface area contributed by atoms with Crippen molar-refractivity contribution in [3.05, 3.63) is 33.9 Å². The van der Waals surface area contributed by atoms with Gasteiger partial charge in [-0.1, -0.05) is 0 Å². The zero-order chi connectivity index (χ0) is 14.9. The molecule has 0 spiro atoms. The van der Waals surface area contributed by atoms with E-state index in [-0.39, 0.29) is 12.2 Å². The van der Waals surface area contributed by atoms with E-state index in [1.54, 1.807) is 0 Å². The second-order valence-corrected chi connectivity index (χ2v) is 7.02. The number of benzene rings is 1. The maximum atomic E-state index is 11.7. The number of nitro benzene ring substituents is 1. The van der Waals surface area contributed by atoms with E-state index < -0.39 is 30.5 Å². The summed E-state index contributed by atoms with van der Waals surface area (Å²) in [7, 11) is 0.973. The van der Waals surface area contributed by atoms with Crippen molar-refractivity contribution in [3.8, 4) is 0 Å². The summed E-state index contributed by atoms with van der Waals surface area (Å²) in [5, 5.41) is 10.7. The topological polar surface area (TPSA) is 104 Å². The predicted molar refractivity (Wildman–Crippen MR) is 69.1 cm³/mol. The molecule has 1 aromatic rings. The number of rotatable bonds is 5. The highest BCUT2D eigenvalue weighted by Gasteiger charge is 2.25. The molecule has 1 aliphatic rings. The van der Waals surface area contributed by atoms with Crippen LogP contribution >= 0.6 is 10.7 Å². The van der Waals surface area contributed by atoms with Crippen molar-refractivity contribution in [3.63, 3.8) is 0 Å². The fourth-order valence-corrected chi connectivity index (χ4v) is 2.31. The maximum Gasteiger partial charge on any atom is 0.338 e. The first kappa shape index (κ1) is 14.7. The molecule has 7 nitrogen and oxygen atoms in total. The zero-order valence-electron chi connectivity index (χ0n) is 10.1. The van der Waals surface area contributed by atoms with Gasteiger partial charge in [-0.15, -0.1) is 0 Å². The number of ether oxygens (including phenoxy) is 1. The third-order valence-corrected chi connectivity index (χ3v) is 4.10. The van der Waals surface area contributed by atoms with Crippen molar-refractivity contribution in [2.75, 3.05) is 6.61 Å². The monoisotopic (exact) mass is 319 g/mol. The Morgan fingerprint density at radius 2 is 2.05 bits per heavy atom. The molecular weight excluding hydrogens is 310 g/mol. The summed E-state index contributed by atoms with van der Waals surface area (Å²) in [5.74, 6) is -0.476. The van der Waals surface area contributed by atoms with Gasteiger partial charge in [0.15, 0.2) is 0 Å². The molecule has 0 heterocycles. The minimum atomic E-state index is -4.17. The molecule has 1 fully saturated rings. The van der Waals surface area contributed by atoms with Gasteiger partial charge in [0, 0.05) is 22.8 Å². The van der Waals surface area contributed by atoms with Crippen LogP contribution in [-0.4, -0.2) is 25.9 Å². The van der Waals surface area contributed by atoms with Crippen LogP contribution in [0.5, 0.6) is 0 Å². The van der Waals surface area contributed by atoms with Crippen LogP contribution in [-0.2, 0) is 13.8 Å². The van der Waals surface area contributed by atoms with Crippen molar-refractivity contribution in [1.29, 1.82) is 0 Å². The number of hydrogen-bond donors (Lipinski definition) is 0. The molecule has 2 rings (SSSR count). The molecule has 1 aromatic carbocycles. The predicted octanol–water partition coefficient (Wildman–Crippen LogP) is 2.09. The standard InChI is InChI=1S/C11H10ClNO6S/c12-20(17,18)10-4-8(3-9(5-10)13(15)16)11(14)19-6-7-1-2-7/h3-5,7H,1-2,6H2. The van der Waals surface area contributed by atoms with E-state index in [0.29, 0.717) is 5.92 Å². The Balaban J connectivity index is 2.32. The van der Waals surface area contributed by atoms with E-state index in [1.807, 2.05) is 0 Å². The number of halogens is 1. The van der Waals surface area contributed by atoms with Gasteiger partial charge in [-0.05, 0) is 24.8 Å². The van der Waals surface area contributed by atoms with Crippen LogP contribution in [0.1, 0.15) is 23.2 Å². The van der Waals surface area contributed by atoms with Crippen LogP contribution in [0.3, 0.4) is 0 Å². The van der Waals surface area contributed by atoms with Crippen molar-refractivity contribution in [2.24, 2.45) is 5.92 Å². The summed E-state index contributed by atoms with van der Waals surface area (Å²) in [6.45, 7) is 0.227. The lowest BCUT2D eigenvalue weighted by molar-refractivity contribution is -0.385. The molecule has 1 saturated carbocycles. The Morgan fingerprint density at radius 1 is 1.40 bits per heavy atom. The van der Waals surface area contributed by atoms with E-state index >= 15 is 0 Å². The SMILES string of the molecule is O=C(OCC1CC1)c1cc([N+](=O)[O-])cc(S(=O)(=O)Cl)c1. The molecule has 0 aromatic heterocycles. The van der Waals surface area contributed by atoms with Gasteiger partial charge in [-0.3, -0.25) is 10.1 Å². The van der Waals surface area contributed by atoms with Crippen LogP contribution in [0.25, 0.3) is 0 Å². The molecule has 0 amide bonds. The van der Waals surface area contributed by atoms with Crippen molar-refractivity contribution >= 4 is 31.4 Å². The van der Waals surface area contributed by atoms with Gasteiger partial charge < -0.3 is 4.74 Å². The fraction of sp³-hybridized carbons (Fsp3) is 0.364. The number of carbonyl (C=O) groups is 1. The summed E-state index contributed by atoms with van der Waals surface area (Å²) in [6.07, 6.45) is 1.95. The Labute approximate surface area is 119 Å². The first-order valence-corrected chi connectivity index (χ1v) is 7.99. The van der Waals surface area contributed by atoms with Crippen molar-refractivity contribution in [2.45, 2.75) is 17.7 Å². The first-order valence-electron chi connectivity index (χ1n) is 5.68. The van der Waals surface area contributed by atoms with Gasteiger partial charge in [-0.2, -0.15) is 0 Å². The van der Waals surface area contributed by atoms with Crippen LogP contribution in [0, 0.1) is 16.0 Å². The van der Waals surface area contributed by atoms with Gasteiger partial charge in [-0.25, -0.2) is 13.2 Å². The van der Waals surface area contributed by atoms with Crippen LogP contribution in [0.4, 0.5) is 5.69 Å². The van der Waals surface area contributed by atoms with Gasteiger partial charge in [0.05, 0.1) is 22.0 Å². The number of esters is 1. The molecule has 20 heavy (non-hydrogen) atoms. The second-order valence-electron chi connectivity index (χ2n) is 4.45. The summed E-state index contributed by atoms with van der Waals surface area (Å²) in [4.78, 5) is 21.2. The average molecular weight is 320 g/mol. The van der Waals surface area contributed by atoms with E-state index in [9.17, 15) is 23.3 Å². The quantitative estimate of drug-likeness (QED) is 0.356. The van der Waals surface area contributed by atoms with Crippen LogP contribution in [0.15, 0.2) is 23.1 Å². The van der Waals surface area contributed by atoms with E-state index in [2.05, 4.69) is 0 Å². The smallest absolute Gasteiger partial charge is 0.338 e. The maximum absolute atomic E-state index is 11.7. The number of nitro groups is 1. The number of nitrogens with zero attached hydrogens (tertiary/aromatic N) is 1. The first-order chi connectivity index (χ1) is 9.27. The van der Waals surface area contributed by atoms with Crippen LogP contribution < -0.4 is 0 Å². The largest absolute Gasteiger partial charge is 0.462 e. The second kappa shape index (κ2) is 5.37. The number of carbonyl (C=O) groups excluding carboxylic acids is 1. The van der Waals surface area contributed by atoms with Gasteiger partial charge in [0.2, 0.25) is 0 Å². The van der Waals surface area contributed by atoms with Gasteiger partial charge in [0.25, 0.3) is 14.7 Å². The third-order valence-electron chi connectivity index (χ3n) is 2.77. The third kappa shape index (κ3) is 3.67. The molecule has 0 saturated heterocycles. The Bertz CT molecular complexity index is 667. The highest BCUT2D eigenvalue weighted by Crippen LogP contribution is 2.29. The minimum absolute atomic E-state index is 0.209. The van der Waals surface area contributed by atoms with E-state index in [4.69, 9.17) is 15.4 Å². The molecule has 9 heteroatoms. The normalized spacial score (nSPS) is 14.8. The minimum Gasteiger partial charge on any atom is -0.462 e. The van der Waals surface area contributed by atoms with Gasteiger partial charge >= 0.3 is 5.97 Å².